The maximum Gasteiger partial charge on any atom is 0.0871 e. The Kier molecular flexibility index (Phi) is 15.5. The average molecular weight is 627 g/mol. The summed E-state index contributed by atoms with van der Waals surface area (Å²) in [6.07, 6.45) is 31.8. The van der Waals surface area contributed by atoms with Gasteiger partial charge in [-0.25, -0.2) is 0 Å². The molecule has 4 rings (SSSR count). The van der Waals surface area contributed by atoms with E-state index in [1.54, 1.807) is 0 Å². The Bertz CT molecular complexity index is 755. The van der Waals surface area contributed by atoms with E-state index in [1.165, 1.54) is 128 Å². The van der Waals surface area contributed by atoms with Crippen molar-refractivity contribution >= 4 is 0 Å². The zero-order chi connectivity index (χ0) is 32.1. The van der Waals surface area contributed by atoms with Gasteiger partial charge in [-0.1, -0.05) is 89.2 Å². The Morgan fingerprint density at radius 3 is 1.00 bits per heavy atom. The fourth-order valence-electron chi connectivity index (χ4n) is 9.99. The molecule has 260 valence electrons. The van der Waals surface area contributed by atoms with E-state index in [-0.39, 0.29) is 11.2 Å². The minimum absolute atomic E-state index is 0.273. The summed E-state index contributed by atoms with van der Waals surface area (Å²) in [6.45, 7) is 21.3. The van der Waals surface area contributed by atoms with Gasteiger partial charge in [-0.05, 0) is 126 Å². The van der Waals surface area contributed by atoms with E-state index in [9.17, 15) is 0 Å². The highest BCUT2D eigenvalue weighted by molar-refractivity contribution is 5.08. The molecule has 0 aromatic rings. The van der Waals surface area contributed by atoms with Gasteiger partial charge < -0.3 is 14.2 Å². The molecule has 4 aliphatic carbocycles. The summed E-state index contributed by atoms with van der Waals surface area (Å²) in [4.78, 5) is 0. The van der Waals surface area contributed by atoms with E-state index < -0.39 is 0 Å². The maximum absolute atomic E-state index is 7.20. The Balaban J connectivity index is 1.16. The normalized spacial score (nSPS) is 35.6. The molecule has 0 aromatic heterocycles. The van der Waals surface area contributed by atoms with Gasteiger partial charge in [-0.3, -0.25) is 0 Å². The molecular formula is C42H74O3. The number of hydrogen-bond acceptors (Lipinski definition) is 3. The third-order valence-corrected chi connectivity index (χ3v) is 13.6. The van der Waals surface area contributed by atoms with Crippen LogP contribution in [0.3, 0.4) is 0 Å². The molecule has 4 saturated carbocycles. The molecule has 3 heteroatoms. The van der Waals surface area contributed by atoms with Crippen LogP contribution in [0.4, 0.5) is 0 Å². The molecule has 2 atom stereocenters. The third kappa shape index (κ3) is 11.2. The molecule has 45 heavy (non-hydrogen) atoms. The minimum atomic E-state index is -0.273. The molecule has 0 spiro atoms. The molecule has 2 unspecified atom stereocenters. The van der Waals surface area contributed by atoms with Crippen LogP contribution in [0.2, 0.25) is 0 Å². The molecule has 0 heterocycles. The van der Waals surface area contributed by atoms with E-state index >= 15 is 0 Å². The summed E-state index contributed by atoms with van der Waals surface area (Å²) in [5.41, 5.74) is -0.546. The Morgan fingerprint density at radius 2 is 0.733 bits per heavy atom. The van der Waals surface area contributed by atoms with Gasteiger partial charge in [-0.15, -0.1) is 13.2 Å². The van der Waals surface area contributed by atoms with Crippen LogP contribution in [0.25, 0.3) is 0 Å². The fraction of sp³-hybridized carbons (Fsp3) is 0.905. The highest BCUT2D eigenvalue weighted by atomic mass is 16.5. The lowest BCUT2D eigenvalue weighted by atomic mass is 9.70. The van der Waals surface area contributed by atoms with Crippen LogP contribution in [-0.4, -0.2) is 37.6 Å². The molecule has 0 bridgehead atoms. The van der Waals surface area contributed by atoms with Crippen LogP contribution in [0.15, 0.2) is 25.3 Å². The number of ether oxygens (including phenoxy) is 3. The van der Waals surface area contributed by atoms with Crippen LogP contribution >= 0.6 is 0 Å². The van der Waals surface area contributed by atoms with Gasteiger partial charge in [0.05, 0.1) is 11.2 Å². The van der Waals surface area contributed by atoms with Crippen molar-refractivity contribution in [3.05, 3.63) is 25.3 Å². The third-order valence-electron chi connectivity index (χ3n) is 13.6. The molecule has 0 aliphatic heterocycles. The fourth-order valence-corrected chi connectivity index (χ4v) is 9.99. The van der Waals surface area contributed by atoms with Crippen molar-refractivity contribution in [3.8, 4) is 0 Å². The van der Waals surface area contributed by atoms with Gasteiger partial charge in [-0.2, -0.15) is 0 Å². The van der Waals surface area contributed by atoms with Crippen LogP contribution in [0, 0.1) is 47.3 Å². The highest BCUT2D eigenvalue weighted by Gasteiger charge is 2.44. The van der Waals surface area contributed by atoms with Crippen molar-refractivity contribution in [1.29, 1.82) is 0 Å². The lowest BCUT2D eigenvalue weighted by molar-refractivity contribution is -0.154. The van der Waals surface area contributed by atoms with Crippen LogP contribution in [-0.2, 0) is 14.2 Å². The van der Waals surface area contributed by atoms with Crippen LogP contribution < -0.4 is 0 Å². The van der Waals surface area contributed by atoms with Gasteiger partial charge in [0.1, 0.15) is 0 Å². The summed E-state index contributed by atoms with van der Waals surface area (Å²) in [7, 11) is 0. The first-order valence-corrected chi connectivity index (χ1v) is 19.9. The van der Waals surface area contributed by atoms with Crippen molar-refractivity contribution in [2.24, 2.45) is 47.3 Å². The topological polar surface area (TPSA) is 27.7 Å². The summed E-state index contributed by atoms with van der Waals surface area (Å²) < 4.78 is 18.6. The summed E-state index contributed by atoms with van der Waals surface area (Å²) >= 11 is 0. The van der Waals surface area contributed by atoms with Gasteiger partial charge in [0, 0.05) is 26.4 Å². The number of hydrogen-bond donors (Lipinski definition) is 0. The van der Waals surface area contributed by atoms with E-state index in [0.717, 1.165) is 61.9 Å². The van der Waals surface area contributed by atoms with Crippen molar-refractivity contribution in [2.45, 2.75) is 167 Å². The second kappa shape index (κ2) is 18.8. The molecule has 4 fully saturated rings. The summed E-state index contributed by atoms with van der Waals surface area (Å²) in [6, 6.07) is 0. The van der Waals surface area contributed by atoms with Crippen molar-refractivity contribution < 1.29 is 14.2 Å². The molecule has 0 amide bonds. The minimum Gasteiger partial charge on any atom is -0.381 e. The standard InChI is InChI=1S/C42H74O3/c1-7-41(5,39-27-23-35(24-28-39)13-11-33-15-19-37(20-16-33)31-43-9-3)45-42(6,8-2)40-29-25-36(26-30-40)14-12-34-17-21-38(22-18-34)32-44-10-4/h7-8,33-40H,1-2,9-32H2,3-6H3. The van der Waals surface area contributed by atoms with E-state index in [1.807, 2.05) is 0 Å². The van der Waals surface area contributed by atoms with Crippen molar-refractivity contribution in [3.63, 3.8) is 0 Å². The summed E-state index contributed by atoms with van der Waals surface area (Å²) in [5.74, 6) is 6.49. The van der Waals surface area contributed by atoms with E-state index in [2.05, 4.69) is 53.0 Å². The van der Waals surface area contributed by atoms with Gasteiger partial charge in [0.25, 0.3) is 0 Å². The molecule has 0 radical (unpaired) electrons. The van der Waals surface area contributed by atoms with Gasteiger partial charge >= 0.3 is 0 Å². The molecular weight excluding hydrogens is 552 g/mol. The molecule has 4 aliphatic rings. The predicted molar refractivity (Wildman–Crippen MR) is 192 cm³/mol. The van der Waals surface area contributed by atoms with Crippen molar-refractivity contribution in [1.82, 2.24) is 0 Å². The summed E-state index contributed by atoms with van der Waals surface area (Å²) in [5, 5.41) is 0. The lowest BCUT2D eigenvalue weighted by Crippen LogP contribution is -2.49. The number of rotatable bonds is 18. The second-order valence-corrected chi connectivity index (χ2v) is 16.6. The predicted octanol–water partition coefficient (Wildman–Crippen LogP) is 11.8. The monoisotopic (exact) mass is 627 g/mol. The zero-order valence-corrected chi connectivity index (χ0v) is 30.4. The second-order valence-electron chi connectivity index (χ2n) is 16.6. The smallest absolute Gasteiger partial charge is 0.0871 e. The lowest BCUT2D eigenvalue weighted by Gasteiger charge is -2.48. The first-order chi connectivity index (χ1) is 21.8. The largest absolute Gasteiger partial charge is 0.381 e. The van der Waals surface area contributed by atoms with Crippen molar-refractivity contribution in [2.75, 3.05) is 26.4 Å². The van der Waals surface area contributed by atoms with Crippen LogP contribution in [0.5, 0.6) is 0 Å². The van der Waals surface area contributed by atoms with E-state index in [4.69, 9.17) is 14.2 Å². The molecule has 0 saturated heterocycles. The van der Waals surface area contributed by atoms with Crippen LogP contribution in [0.1, 0.15) is 156 Å². The average Bonchev–Trinajstić information content (AvgIpc) is 3.09. The quantitative estimate of drug-likeness (QED) is 0.142. The Morgan fingerprint density at radius 1 is 0.467 bits per heavy atom. The molecule has 0 aromatic carbocycles. The molecule has 0 N–H and O–H groups in total. The SMILES string of the molecule is C=CC(C)(OC(C)(C=C)C1CCC(CCC2CCC(COCC)CC2)CC1)C1CCC(CCC2CCC(COCC)CC2)CC1. The zero-order valence-electron chi connectivity index (χ0n) is 30.4. The van der Waals surface area contributed by atoms with Gasteiger partial charge in [0.15, 0.2) is 0 Å². The highest BCUT2D eigenvalue weighted by Crippen LogP contribution is 2.47. The first kappa shape index (κ1) is 37.2. The first-order valence-electron chi connectivity index (χ1n) is 19.9. The maximum atomic E-state index is 7.20. The Hall–Kier alpha value is -0.640. The Labute approximate surface area is 280 Å². The van der Waals surface area contributed by atoms with Gasteiger partial charge in [0.2, 0.25) is 0 Å². The van der Waals surface area contributed by atoms with E-state index in [0.29, 0.717) is 11.8 Å². The molecule has 3 nitrogen and oxygen atoms in total.